The number of nitrogen functional groups attached to an aromatic ring is 1. The molecular formula is C18H16F3N5O3. The van der Waals surface area contributed by atoms with Gasteiger partial charge in [0, 0.05) is 18.0 Å². The van der Waals surface area contributed by atoms with Gasteiger partial charge in [-0.15, -0.1) is 13.2 Å². The van der Waals surface area contributed by atoms with Crippen molar-refractivity contribution in [1.82, 2.24) is 14.1 Å². The first kappa shape index (κ1) is 20.0. The molecule has 11 heteroatoms. The summed E-state index contributed by atoms with van der Waals surface area (Å²) in [6, 6.07) is 6.12. The second-order valence-corrected chi connectivity index (χ2v) is 6.10. The van der Waals surface area contributed by atoms with E-state index in [1.807, 2.05) is 0 Å². The number of hydrogen-bond acceptors (Lipinski definition) is 5. The molecule has 3 rings (SSSR count). The van der Waals surface area contributed by atoms with Gasteiger partial charge in [0.05, 0.1) is 17.9 Å². The quantitative estimate of drug-likeness (QED) is 0.443. The maximum Gasteiger partial charge on any atom is 0.573 e. The van der Waals surface area contributed by atoms with Crippen LogP contribution in [0.4, 0.5) is 13.2 Å². The molecule has 3 aromatic rings. The van der Waals surface area contributed by atoms with Gasteiger partial charge in [0.25, 0.3) is 0 Å². The number of aromatic nitrogens is 3. The van der Waals surface area contributed by atoms with Crippen LogP contribution in [0.5, 0.6) is 11.6 Å². The molecule has 0 aliphatic carbocycles. The third kappa shape index (κ3) is 4.08. The Bertz CT molecular complexity index is 1120. The van der Waals surface area contributed by atoms with Gasteiger partial charge >= 0.3 is 12.1 Å². The molecule has 152 valence electrons. The number of amidine groups is 1. The number of nitrogens with one attached hydrogen (secondary N) is 1. The lowest BCUT2D eigenvalue weighted by molar-refractivity contribution is -0.274. The Morgan fingerprint density at radius 2 is 1.93 bits per heavy atom. The van der Waals surface area contributed by atoms with Crippen molar-refractivity contribution < 1.29 is 23.0 Å². The normalized spacial score (nSPS) is 11.4. The maximum atomic E-state index is 12.9. The monoisotopic (exact) mass is 407 g/mol. The van der Waals surface area contributed by atoms with Crippen LogP contribution in [-0.2, 0) is 6.54 Å². The standard InChI is InChI=1S/C18H16F3N5O3/c1-10-16(27)26(12-2-4-13(5-3-12)29-18(19,20)21)17(28)25(10)9-11-6-7-24-8-14(11)15(22)23/h2-8,27H,9H2,1H3,(H3,22,23). The highest BCUT2D eigenvalue weighted by atomic mass is 19.4. The molecule has 1 aromatic carbocycles. The molecule has 2 aromatic heterocycles. The second-order valence-electron chi connectivity index (χ2n) is 6.10. The maximum absolute atomic E-state index is 12.9. The second kappa shape index (κ2) is 7.34. The Morgan fingerprint density at radius 1 is 1.28 bits per heavy atom. The number of rotatable bonds is 5. The van der Waals surface area contributed by atoms with Crippen LogP contribution in [-0.4, -0.2) is 31.4 Å². The first-order valence-corrected chi connectivity index (χ1v) is 8.23. The number of halogens is 3. The van der Waals surface area contributed by atoms with Crippen LogP contribution in [0, 0.1) is 12.3 Å². The number of nitrogens with zero attached hydrogens (tertiary/aromatic N) is 3. The van der Waals surface area contributed by atoms with Gasteiger partial charge in [0.15, 0.2) is 0 Å². The van der Waals surface area contributed by atoms with Crippen LogP contribution in [0.3, 0.4) is 0 Å². The number of nitrogens with two attached hydrogens (primary N) is 1. The number of alkyl halides is 3. The molecule has 0 atom stereocenters. The van der Waals surface area contributed by atoms with Gasteiger partial charge in [0.2, 0.25) is 5.88 Å². The lowest BCUT2D eigenvalue weighted by atomic mass is 10.1. The van der Waals surface area contributed by atoms with E-state index in [2.05, 4.69) is 9.72 Å². The zero-order valence-corrected chi connectivity index (χ0v) is 15.1. The van der Waals surface area contributed by atoms with E-state index in [1.165, 1.54) is 36.0 Å². The Labute approximate surface area is 162 Å². The largest absolute Gasteiger partial charge is 0.573 e. The van der Waals surface area contributed by atoms with E-state index in [-0.39, 0.29) is 29.6 Å². The van der Waals surface area contributed by atoms with E-state index < -0.39 is 17.8 Å². The highest BCUT2D eigenvalue weighted by Crippen LogP contribution is 2.26. The number of ether oxygens (including phenoxy) is 1. The summed E-state index contributed by atoms with van der Waals surface area (Å²) in [5, 5.41) is 18.0. The van der Waals surface area contributed by atoms with Crippen molar-refractivity contribution in [3.63, 3.8) is 0 Å². The molecule has 29 heavy (non-hydrogen) atoms. The van der Waals surface area contributed by atoms with Crippen LogP contribution in [0.2, 0.25) is 0 Å². The number of benzene rings is 1. The Morgan fingerprint density at radius 3 is 2.52 bits per heavy atom. The molecule has 0 fully saturated rings. The number of pyridine rings is 1. The van der Waals surface area contributed by atoms with Crippen molar-refractivity contribution in [2.24, 2.45) is 5.73 Å². The highest BCUT2D eigenvalue weighted by Gasteiger charge is 2.31. The fraction of sp³-hybridized carbons (Fsp3) is 0.167. The van der Waals surface area contributed by atoms with E-state index >= 15 is 0 Å². The third-order valence-corrected chi connectivity index (χ3v) is 4.22. The minimum Gasteiger partial charge on any atom is -0.493 e. The van der Waals surface area contributed by atoms with Crippen molar-refractivity contribution >= 4 is 5.84 Å². The average molecular weight is 407 g/mol. The van der Waals surface area contributed by atoms with Crippen LogP contribution in [0.1, 0.15) is 16.8 Å². The fourth-order valence-electron chi connectivity index (χ4n) is 2.83. The molecular weight excluding hydrogens is 391 g/mol. The lowest BCUT2D eigenvalue weighted by Crippen LogP contribution is -2.25. The first-order chi connectivity index (χ1) is 13.6. The van der Waals surface area contributed by atoms with Crippen molar-refractivity contribution in [2.75, 3.05) is 0 Å². The van der Waals surface area contributed by atoms with Gasteiger partial charge in [-0.1, -0.05) is 0 Å². The molecule has 0 aliphatic rings. The van der Waals surface area contributed by atoms with Gasteiger partial charge in [-0.25, -0.2) is 9.36 Å². The lowest BCUT2D eigenvalue weighted by Gasteiger charge is -2.09. The molecule has 2 heterocycles. The van der Waals surface area contributed by atoms with E-state index in [1.54, 1.807) is 6.07 Å². The summed E-state index contributed by atoms with van der Waals surface area (Å²) in [6.45, 7) is 1.53. The molecule has 0 saturated carbocycles. The summed E-state index contributed by atoms with van der Waals surface area (Å²) in [7, 11) is 0. The summed E-state index contributed by atoms with van der Waals surface area (Å²) in [6.07, 6.45) is -1.95. The van der Waals surface area contributed by atoms with Gasteiger partial charge in [-0.2, -0.15) is 0 Å². The van der Waals surface area contributed by atoms with E-state index in [0.29, 0.717) is 11.1 Å². The predicted octanol–water partition coefficient (Wildman–Crippen LogP) is 2.28. The summed E-state index contributed by atoms with van der Waals surface area (Å²) in [4.78, 5) is 16.8. The van der Waals surface area contributed by atoms with Gasteiger partial charge < -0.3 is 15.6 Å². The first-order valence-electron chi connectivity index (χ1n) is 8.23. The highest BCUT2D eigenvalue weighted by molar-refractivity contribution is 5.96. The zero-order valence-electron chi connectivity index (χ0n) is 15.1. The molecule has 0 aliphatic heterocycles. The van der Waals surface area contributed by atoms with Crippen molar-refractivity contribution in [3.05, 3.63) is 70.0 Å². The van der Waals surface area contributed by atoms with Gasteiger partial charge in [0.1, 0.15) is 11.6 Å². The Kier molecular flexibility index (Phi) is 5.06. The van der Waals surface area contributed by atoms with Gasteiger partial charge in [-0.05, 0) is 42.8 Å². The average Bonchev–Trinajstić information content (AvgIpc) is 2.85. The minimum absolute atomic E-state index is 0.0118. The smallest absolute Gasteiger partial charge is 0.493 e. The molecule has 0 radical (unpaired) electrons. The van der Waals surface area contributed by atoms with E-state index in [0.717, 1.165) is 16.7 Å². The molecule has 0 bridgehead atoms. The molecule has 0 saturated heterocycles. The number of imidazole rings is 1. The summed E-state index contributed by atoms with van der Waals surface area (Å²) in [5.74, 6) is -1.03. The van der Waals surface area contributed by atoms with E-state index in [9.17, 15) is 23.1 Å². The molecule has 0 unspecified atom stereocenters. The van der Waals surface area contributed by atoms with Crippen LogP contribution in [0.15, 0.2) is 47.5 Å². The van der Waals surface area contributed by atoms with E-state index in [4.69, 9.17) is 11.1 Å². The van der Waals surface area contributed by atoms with Crippen molar-refractivity contribution in [1.29, 1.82) is 5.41 Å². The fourth-order valence-corrected chi connectivity index (χ4v) is 2.83. The van der Waals surface area contributed by atoms with Crippen LogP contribution < -0.4 is 16.2 Å². The van der Waals surface area contributed by atoms with Crippen LogP contribution in [0.25, 0.3) is 5.69 Å². The zero-order chi connectivity index (χ0) is 21.3. The summed E-state index contributed by atoms with van der Waals surface area (Å²) < 4.78 is 42.9. The van der Waals surface area contributed by atoms with Gasteiger partial charge in [-0.3, -0.25) is 15.0 Å². The number of hydrogen-bond donors (Lipinski definition) is 3. The Hall–Kier alpha value is -3.76. The van der Waals surface area contributed by atoms with Crippen molar-refractivity contribution in [2.45, 2.75) is 19.8 Å². The third-order valence-electron chi connectivity index (χ3n) is 4.22. The Balaban J connectivity index is 2.00. The summed E-state index contributed by atoms with van der Waals surface area (Å²) >= 11 is 0. The molecule has 0 amide bonds. The minimum atomic E-state index is -4.83. The predicted molar refractivity (Wildman–Crippen MR) is 97.5 cm³/mol. The summed E-state index contributed by atoms with van der Waals surface area (Å²) in [5.41, 5.74) is 6.21. The molecule has 4 N–H and O–H groups in total. The number of aromatic hydroxyl groups is 1. The van der Waals surface area contributed by atoms with Crippen LogP contribution >= 0.6 is 0 Å². The topological polar surface area (TPSA) is 119 Å². The SMILES string of the molecule is Cc1c(O)n(-c2ccc(OC(F)(F)F)cc2)c(=O)n1Cc1ccncc1C(=N)N. The molecule has 8 nitrogen and oxygen atoms in total. The molecule has 0 spiro atoms. The van der Waals surface area contributed by atoms with Crippen molar-refractivity contribution in [3.8, 4) is 17.3 Å².